The van der Waals surface area contributed by atoms with Crippen molar-refractivity contribution in [3.05, 3.63) is 0 Å². The highest BCUT2D eigenvalue weighted by atomic mass is 16.6. The molecule has 0 amide bonds. The van der Waals surface area contributed by atoms with Crippen molar-refractivity contribution in [1.29, 1.82) is 0 Å². The zero-order valence-electron chi connectivity index (χ0n) is 14.3. The lowest BCUT2D eigenvalue weighted by Crippen LogP contribution is -2.47. The molecule has 6 heteroatoms. The Morgan fingerprint density at radius 3 is 1.62 bits per heavy atom. The van der Waals surface area contributed by atoms with Gasteiger partial charge in [0.1, 0.15) is 0 Å². The second-order valence-electron chi connectivity index (χ2n) is 7.99. The van der Waals surface area contributed by atoms with E-state index < -0.39 is 5.79 Å². The van der Waals surface area contributed by atoms with Crippen LogP contribution >= 0.6 is 0 Å². The maximum absolute atomic E-state index is 11.0. The van der Waals surface area contributed by atoms with E-state index in [9.17, 15) is 10.2 Å². The van der Waals surface area contributed by atoms with Gasteiger partial charge in [0, 0.05) is 11.8 Å². The molecule has 5 atom stereocenters. The van der Waals surface area contributed by atoms with Crippen LogP contribution in [0.4, 0.5) is 0 Å². The summed E-state index contributed by atoms with van der Waals surface area (Å²) < 4.78 is 21.3. The van der Waals surface area contributed by atoms with Gasteiger partial charge in [-0.25, -0.2) is 0 Å². The molecule has 138 valence electrons. The molecule has 6 nitrogen and oxygen atoms in total. The largest absolute Gasteiger partial charge is 0.373 e. The molecule has 4 aliphatic heterocycles. The van der Waals surface area contributed by atoms with Crippen molar-refractivity contribution in [3.63, 3.8) is 0 Å². The highest BCUT2D eigenvalue weighted by Crippen LogP contribution is 2.41. The smallest absolute Gasteiger partial charge is 0.168 e. The highest BCUT2D eigenvalue weighted by Gasteiger charge is 2.48. The van der Waals surface area contributed by atoms with Gasteiger partial charge >= 0.3 is 0 Å². The lowest BCUT2D eigenvalue weighted by molar-refractivity contribution is -0.244. The Labute approximate surface area is 143 Å². The summed E-state index contributed by atoms with van der Waals surface area (Å²) in [6, 6.07) is 0. The molecule has 4 fully saturated rings. The molecule has 2 N–H and O–H groups in total. The predicted octanol–water partition coefficient (Wildman–Crippen LogP) is 1.23. The van der Waals surface area contributed by atoms with Crippen LogP contribution in [0.25, 0.3) is 0 Å². The molecule has 4 aliphatic rings. The van der Waals surface area contributed by atoms with Gasteiger partial charge < -0.3 is 29.2 Å². The Bertz CT molecular complexity index is 398. The van der Waals surface area contributed by atoms with E-state index in [-0.39, 0.29) is 30.1 Å². The molecule has 0 saturated carbocycles. The van der Waals surface area contributed by atoms with Crippen LogP contribution in [0.1, 0.15) is 44.9 Å². The van der Waals surface area contributed by atoms with E-state index in [1.165, 1.54) is 0 Å². The van der Waals surface area contributed by atoms with Crippen molar-refractivity contribution < 1.29 is 29.2 Å². The molecule has 4 heterocycles. The quantitative estimate of drug-likeness (QED) is 0.297. The van der Waals surface area contributed by atoms with E-state index in [0.717, 1.165) is 58.5 Å². The fraction of sp³-hybridized carbons (Fsp3) is 1.00. The second kappa shape index (κ2) is 7.17. The van der Waals surface area contributed by atoms with Crippen LogP contribution < -0.4 is 0 Å². The molecule has 0 bridgehead atoms. The molecule has 0 aromatic rings. The lowest BCUT2D eigenvalue weighted by atomic mass is 9.77. The van der Waals surface area contributed by atoms with Gasteiger partial charge in [-0.05, 0) is 32.1 Å². The second-order valence-corrected chi connectivity index (χ2v) is 7.99. The van der Waals surface area contributed by atoms with Gasteiger partial charge in [0.25, 0.3) is 0 Å². The van der Waals surface area contributed by atoms with Crippen LogP contribution in [0.3, 0.4) is 0 Å². The Kier molecular flexibility index (Phi) is 5.14. The maximum atomic E-state index is 11.0. The molecule has 0 aliphatic carbocycles. The minimum Gasteiger partial charge on any atom is -0.373 e. The Balaban J connectivity index is 1.34. The summed E-state index contributed by atoms with van der Waals surface area (Å²) in [6.45, 7) is 3.14. The molecule has 5 unspecified atom stereocenters. The molecule has 4 rings (SSSR count). The predicted molar refractivity (Wildman–Crippen MR) is 85.4 cm³/mol. The van der Waals surface area contributed by atoms with Crippen molar-refractivity contribution in [2.45, 2.75) is 75.1 Å². The Morgan fingerprint density at radius 1 is 0.708 bits per heavy atom. The van der Waals surface area contributed by atoms with E-state index in [0.29, 0.717) is 18.9 Å². The fourth-order valence-corrected chi connectivity index (χ4v) is 3.84. The normalized spacial score (nSPS) is 36.2. The summed E-state index contributed by atoms with van der Waals surface area (Å²) in [4.78, 5) is 0. The van der Waals surface area contributed by atoms with Gasteiger partial charge in [0.05, 0.1) is 50.8 Å². The summed E-state index contributed by atoms with van der Waals surface area (Å²) in [6.07, 6.45) is 7.21. The summed E-state index contributed by atoms with van der Waals surface area (Å²) in [7, 11) is 0. The molecule has 0 aromatic carbocycles. The molecule has 0 aromatic heterocycles. The standard InChI is InChI=1S/C18H30O6/c19-18(20,13(6-16-10-23-16)7-17-11-24-17)12(5-15-9-22-15)3-1-2-4-14-8-21-14/h12-17,19-20H,1-11H2. The van der Waals surface area contributed by atoms with Crippen molar-refractivity contribution >= 4 is 0 Å². The first kappa shape index (κ1) is 17.2. The summed E-state index contributed by atoms with van der Waals surface area (Å²) in [5, 5.41) is 22.1. The van der Waals surface area contributed by atoms with Gasteiger partial charge in [0.15, 0.2) is 5.79 Å². The minimum absolute atomic E-state index is 0.146. The number of hydrogen-bond donors (Lipinski definition) is 2. The van der Waals surface area contributed by atoms with Crippen molar-refractivity contribution in [2.24, 2.45) is 11.8 Å². The van der Waals surface area contributed by atoms with Crippen LogP contribution in [0.5, 0.6) is 0 Å². The van der Waals surface area contributed by atoms with E-state index >= 15 is 0 Å². The van der Waals surface area contributed by atoms with E-state index in [4.69, 9.17) is 18.9 Å². The molecule has 0 radical (unpaired) electrons. The fourth-order valence-electron chi connectivity index (χ4n) is 3.84. The van der Waals surface area contributed by atoms with E-state index in [2.05, 4.69) is 0 Å². The average Bonchev–Trinajstić information content (AvgIpc) is 3.37. The van der Waals surface area contributed by atoms with Crippen LogP contribution in [0.2, 0.25) is 0 Å². The summed E-state index contributed by atoms with van der Waals surface area (Å²) >= 11 is 0. The molecule has 24 heavy (non-hydrogen) atoms. The number of epoxide rings is 4. The third-order valence-electron chi connectivity index (χ3n) is 5.78. The van der Waals surface area contributed by atoms with Gasteiger partial charge in [-0.3, -0.25) is 0 Å². The van der Waals surface area contributed by atoms with Crippen LogP contribution in [0, 0.1) is 11.8 Å². The number of rotatable bonds is 13. The van der Waals surface area contributed by atoms with Gasteiger partial charge in [-0.2, -0.15) is 0 Å². The van der Waals surface area contributed by atoms with Gasteiger partial charge in [-0.1, -0.05) is 12.8 Å². The number of unbranched alkanes of at least 4 members (excludes halogenated alkanes) is 1. The van der Waals surface area contributed by atoms with Crippen LogP contribution in [0.15, 0.2) is 0 Å². The van der Waals surface area contributed by atoms with E-state index in [1.54, 1.807) is 0 Å². The van der Waals surface area contributed by atoms with Crippen molar-refractivity contribution in [2.75, 3.05) is 26.4 Å². The highest BCUT2D eigenvalue weighted by molar-refractivity contribution is 4.92. The third kappa shape index (κ3) is 5.13. The third-order valence-corrected chi connectivity index (χ3v) is 5.78. The average molecular weight is 342 g/mol. The SMILES string of the molecule is OC(O)(C(CCCCC1CO1)CC1CO1)C(CC1CO1)CC1CO1. The van der Waals surface area contributed by atoms with E-state index in [1.807, 2.05) is 0 Å². The Hall–Kier alpha value is -0.240. The first-order valence-corrected chi connectivity index (χ1v) is 9.52. The van der Waals surface area contributed by atoms with Crippen molar-refractivity contribution in [1.82, 2.24) is 0 Å². The number of aliphatic hydroxyl groups is 2. The first-order chi connectivity index (χ1) is 11.6. The topological polar surface area (TPSA) is 90.6 Å². The first-order valence-electron chi connectivity index (χ1n) is 9.52. The summed E-state index contributed by atoms with van der Waals surface area (Å²) in [5.74, 6) is -2.00. The number of hydrogen-bond acceptors (Lipinski definition) is 6. The lowest BCUT2D eigenvalue weighted by Gasteiger charge is -2.38. The van der Waals surface area contributed by atoms with Crippen molar-refractivity contribution in [3.8, 4) is 0 Å². The Morgan fingerprint density at radius 2 is 1.17 bits per heavy atom. The molecule has 4 saturated heterocycles. The summed E-state index contributed by atoms with van der Waals surface area (Å²) in [5.41, 5.74) is 0. The zero-order chi connectivity index (χ0) is 16.6. The number of ether oxygens (including phenoxy) is 4. The minimum atomic E-state index is -1.67. The molecular weight excluding hydrogens is 312 g/mol. The van der Waals surface area contributed by atoms with Crippen LogP contribution in [-0.2, 0) is 18.9 Å². The maximum Gasteiger partial charge on any atom is 0.168 e. The monoisotopic (exact) mass is 342 g/mol. The molecular formula is C18H30O6. The van der Waals surface area contributed by atoms with Crippen LogP contribution in [-0.4, -0.2) is 66.8 Å². The zero-order valence-corrected chi connectivity index (χ0v) is 14.3. The van der Waals surface area contributed by atoms with Gasteiger partial charge in [-0.15, -0.1) is 0 Å². The molecule has 0 spiro atoms. The van der Waals surface area contributed by atoms with Gasteiger partial charge in [0.2, 0.25) is 0 Å².